The minimum atomic E-state index is -0.119. The molecule has 0 fully saturated rings. The average Bonchev–Trinajstić information content (AvgIpc) is 2.40. The molecule has 2 aromatic rings. The fourth-order valence-electron chi connectivity index (χ4n) is 2.19. The third-order valence-corrected chi connectivity index (χ3v) is 3.20. The fraction of sp³-hybridized carbons (Fsp3) is 0.188. The van der Waals surface area contributed by atoms with Crippen molar-refractivity contribution >= 4 is 22.9 Å². The molecule has 0 spiro atoms. The number of nitrogens with zero attached hydrogens (tertiary/aromatic N) is 1. The fourth-order valence-corrected chi connectivity index (χ4v) is 2.19. The highest BCUT2D eigenvalue weighted by Crippen LogP contribution is 2.34. The highest BCUT2D eigenvalue weighted by Gasteiger charge is 2.20. The Morgan fingerprint density at radius 3 is 2.85 bits per heavy atom. The van der Waals surface area contributed by atoms with Gasteiger partial charge in [-0.2, -0.15) is 0 Å². The number of fused-ring (bicyclic) bond motifs is 1. The van der Waals surface area contributed by atoms with E-state index in [0.717, 1.165) is 23.0 Å². The molecule has 0 aromatic heterocycles. The molecule has 1 aliphatic heterocycles. The van der Waals surface area contributed by atoms with E-state index in [1.54, 1.807) is 0 Å². The van der Waals surface area contributed by atoms with Crippen LogP contribution in [0.15, 0.2) is 47.5 Å². The maximum Gasteiger partial charge on any atom is 0.153 e. The van der Waals surface area contributed by atoms with Gasteiger partial charge in [-0.1, -0.05) is 12.1 Å². The molecule has 2 aromatic carbocycles. The van der Waals surface area contributed by atoms with E-state index in [1.807, 2.05) is 37.3 Å². The van der Waals surface area contributed by atoms with Gasteiger partial charge in [0.25, 0.3) is 0 Å². The van der Waals surface area contributed by atoms with Crippen LogP contribution < -0.4 is 15.8 Å². The molecule has 3 rings (SSSR count). The van der Waals surface area contributed by atoms with E-state index in [4.69, 9.17) is 10.5 Å². The molecular formula is C16H17N3O. The van der Waals surface area contributed by atoms with Crippen LogP contribution in [0.3, 0.4) is 0 Å². The summed E-state index contributed by atoms with van der Waals surface area (Å²) in [5.74, 6) is 1.55. The van der Waals surface area contributed by atoms with Crippen LogP contribution >= 0.6 is 0 Å². The number of aliphatic imine (C=N–C) groups is 1. The van der Waals surface area contributed by atoms with Crippen LogP contribution in [0.5, 0.6) is 5.75 Å². The molecule has 0 saturated heterocycles. The van der Waals surface area contributed by atoms with E-state index >= 15 is 0 Å². The molecule has 0 amide bonds. The lowest BCUT2D eigenvalue weighted by Gasteiger charge is -2.24. The Labute approximate surface area is 118 Å². The third kappa shape index (κ3) is 2.45. The van der Waals surface area contributed by atoms with Gasteiger partial charge in [0.15, 0.2) is 6.10 Å². The van der Waals surface area contributed by atoms with Crippen molar-refractivity contribution < 1.29 is 4.74 Å². The van der Waals surface area contributed by atoms with E-state index in [2.05, 4.69) is 29.4 Å². The summed E-state index contributed by atoms with van der Waals surface area (Å²) in [5, 5.41) is 3.32. The summed E-state index contributed by atoms with van der Waals surface area (Å²) in [6.07, 6.45) is -0.119. The first-order chi connectivity index (χ1) is 9.61. The van der Waals surface area contributed by atoms with Crippen LogP contribution in [0.1, 0.15) is 12.5 Å². The summed E-state index contributed by atoms with van der Waals surface area (Å²) in [6.45, 7) is 4.03. The number of hydrogen-bond acceptors (Lipinski definition) is 4. The van der Waals surface area contributed by atoms with Crippen molar-refractivity contribution in [2.45, 2.75) is 20.0 Å². The van der Waals surface area contributed by atoms with Crippen molar-refractivity contribution in [1.29, 1.82) is 0 Å². The van der Waals surface area contributed by atoms with Crippen molar-refractivity contribution in [3.8, 4) is 5.75 Å². The molecule has 1 aliphatic rings. The highest BCUT2D eigenvalue weighted by atomic mass is 16.5. The summed E-state index contributed by atoms with van der Waals surface area (Å²) in [7, 11) is 0. The van der Waals surface area contributed by atoms with Crippen LogP contribution in [0, 0.1) is 6.92 Å². The molecule has 1 heterocycles. The van der Waals surface area contributed by atoms with Gasteiger partial charge in [0.1, 0.15) is 17.3 Å². The summed E-state index contributed by atoms with van der Waals surface area (Å²) in [5.41, 5.74) is 9.44. The molecule has 3 N–H and O–H groups in total. The maximum absolute atomic E-state index is 5.85. The van der Waals surface area contributed by atoms with E-state index in [-0.39, 0.29) is 6.10 Å². The number of anilines is 2. The summed E-state index contributed by atoms with van der Waals surface area (Å²) in [4.78, 5) is 4.61. The second-order valence-corrected chi connectivity index (χ2v) is 4.98. The van der Waals surface area contributed by atoms with E-state index in [0.29, 0.717) is 5.69 Å². The molecule has 0 bridgehead atoms. The normalized spacial score (nSPS) is 16.9. The standard InChI is InChI=1S/C16H17N3O/c1-10-4-3-5-13(8-10)18-16-11(2)20-15-7-6-12(17)9-14(15)19-16/h3-9,11H,17H2,1-2H3,(H,18,19). The second-order valence-electron chi connectivity index (χ2n) is 4.98. The second kappa shape index (κ2) is 4.89. The lowest BCUT2D eigenvalue weighted by atomic mass is 10.2. The summed E-state index contributed by atoms with van der Waals surface area (Å²) >= 11 is 0. The lowest BCUT2D eigenvalue weighted by Crippen LogP contribution is -2.32. The van der Waals surface area contributed by atoms with Crippen LogP contribution in [0.2, 0.25) is 0 Å². The molecule has 0 radical (unpaired) electrons. The molecule has 1 atom stereocenters. The van der Waals surface area contributed by atoms with Gasteiger partial charge in [0, 0.05) is 11.4 Å². The van der Waals surface area contributed by atoms with Gasteiger partial charge in [0.05, 0.1) is 0 Å². The number of benzene rings is 2. The number of amidine groups is 1. The Morgan fingerprint density at radius 2 is 2.05 bits per heavy atom. The molecule has 102 valence electrons. The molecule has 4 heteroatoms. The average molecular weight is 267 g/mol. The first-order valence-electron chi connectivity index (χ1n) is 6.60. The Balaban J connectivity index is 1.93. The van der Waals surface area contributed by atoms with E-state index < -0.39 is 0 Å². The van der Waals surface area contributed by atoms with Gasteiger partial charge in [-0.3, -0.25) is 0 Å². The SMILES string of the molecule is Cc1cccc(NC2=Nc3cc(N)ccc3OC2C)c1. The van der Waals surface area contributed by atoms with Crippen molar-refractivity contribution in [2.24, 2.45) is 4.99 Å². The van der Waals surface area contributed by atoms with Crippen LogP contribution in [0.25, 0.3) is 0 Å². The largest absolute Gasteiger partial charge is 0.481 e. The topological polar surface area (TPSA) is 59.6 Å². The van der Waals surface area contributed by atoms with Gasteiger partial charge in [-0.05, 0) is 49.7 Å². The first kappa shape index (κ1) is 12.5. The first-order valence-corrected chi connectivity index (χ1v) is 6.60. The Hall–Kier alpha value is -2.49. The Bertz CT molecular complexity index is 679. The van der Waals surface area contributed by atoms with Crippen molar-refractivity contribution in [3.05, 3.63) is 48.0 Å². The minimum Gasteiger partial charge on any atom is -0.481 e. The molecule has 1 unspecified atom stereocenters. The van der Waals surface area contributed by atoms with Gasteiger partial charge < -0.3 is 15.8 Å². The lowest BCUT2D eigenvalue weighted by molar-refractivity contribution is 0.283. The van der Waals surface area contributed by atoms with Gasteiger partial charge in [-0.25, -0.2) is 4.99 Å². The Kier molecular flexibility index (Phi) is 3.06. The van der Waals surface area contributed by atoms with Crippen LogP contribution in [0.4, 0.5) is 17.1 Å². The predicted molar refractivity (Wildman–Crippen MR) is 82.8 cm³/mol. The van der Waals surface area contributed by atoms with Gasteiger partial charge in [0.2, 0.25) is 0 Å². The smallest absolute Gasteiger partial charge is 0.153 e. The number of nitrogens with one attached hydrogen (secondary N) is 1. The molecular weight excluding hydrogens is 250 g/mol. The summed E-state index contributed by atoms with van der Waals surface area (Å²) in [6, 6.07) is 13.6. The number of nitrogen functional groups attached to an aromatic ring is 1. The quantitative estimate of drug-likeness (QED) is 0.777. The molecule has 0 aliphatic carbocycles. The zero-order valence-electron chi connectivity index (χ0n) is 11.6. The van der Waals surface area contributed by atoms with Crippen molar-refractivity contribution in [1.82, 2.24) is 0 Å². The monoisotopic (exact) mass is 267 g/mol. The number of nitrogens with two attached hydrogens (primary N) is 1. The maximum atomic E-state index is 5.85. The number of hydrogen-bond donors (Lipinski definition) is 2. The molecule has 20 heavy (non-hydrogen) atoms. The summed E-state index contributed by atoms with van der Waals surface area (Å²) < 4.78 is 5.85. The van der Waals surface area contributed by atoms with Gasteiger partial charge in [-0.15, -0.1) is 0 Å². The zero-order chi connectivity index (χ0) is 14.1. The molecule has 0 saturated carbocycles. The van der Waals surface area contributed by atoms with E-state index in [9.17, 15) is 0 Å². The van der Waals surface area contributed by atoms with Crippen LogP contribution in [-0.2, 0) is 0 Å². The molecule has 4 nitrogen and oxygen atoms in total. The van der Waals surface area contributed by atoms with E-state index in [1.165, 1.54) is 5.56 Å². The minimum absolute atomic E-state index is 0.119. The number of ether oxygens (including phenoxy) is 1. The predicted octanol–water partition coefficient (Wildman–Crippen LogP) is 3.50. The Morgan fingerprint density at radius 1 is 1.20 bits per heavy atom. The highest BCUT2D eigenvalue weighted by molar-refractivity contribution is 6.01. The zero-order valence-corrected chi connectivity index (χ0v) is 11.6. The number of aryl methyl sites for hydroxylation is 1. The third-order valence-electron chi connectivity index (χ3n) is 3.20. The number of rotatable bonds is 1. The van der Waals surface area contributed by atoms with Crippen molar-refractivity contribution in [3.63, 3.8) is 0 Å². The van der Waals surface area contributed by atoms with Gasteiger partial charge >= 0.3 is 0 Å². The van der Waals surface area contributed by atoms with Crippen LogP contribution in [-0.4, -0.2) is 11.9 Å². The van der Waals surface area contributed by atoms with Crippen molar-refractivity contribution in [2.75, 3.05) is 11.1 Å².